The number of aliphatic imine (C=N–C) groups is 1. The summed E-state index contributed by atoms with van der Waals surface area (Å²) in [6.45, 7) is 4.70. The Morgan fingerprint density at radius 3 is 2.61 bits per heavy atom. The molecule has 0 amide bonds. The second-order valence-electron chi connectivity index (χ2n) is 5.19. The molecule has 23 heavy (non-hydrogen) atoms. The molecule has 2 aromatic carbocycles. The highest BCUT2D eigenvalue weighted by Crippen LogP contribution is 2.33. The molecule has 0 aliphatic carbocycles. The molecule has 0 spiro atoms. The molecular weight excluding hydrogens is 320 g/mol. The number of nitrogens with zero attached hydrogens (tertiary/aromatic N) is 2. The molecule has 122 valence electrons. The molecule has 0 bridgehead atoms. The molecule has 0 radical (unpaired) electrons. The summed E-state index contributed by atoms with van der Waals surface area (Å²) in [5.41, 5.74) is 2.17. The topological polar surface area (TPSA) is 27.6 Å². The van der Waals surface area contributed by atoms with E-state index in [1.54, 1.807) is 12.4 Å². The van der Waals surface area contributed by atoms with Crippen LogP contribution in [0.4, 0.5) is 25.8 Å². The summed E-state index contributed by atoms with van der Waals surface area (Å²) in [6, 6.07) is 6.90. The van der Waals surface area contributed by atoms with Gasteiger partial charge < -0.3 is 10.2 Å². The summed E-state index contributed by atoms with van der Waals surface area (Å²) in [5, 5.41) is 3.36. The Labute approximate surface area is 139 Å². The number of hydrogen-bond donors (Lipinski definition) is 1. The first-order chi connectivity index (χ1) is 10.9. The minimum atomic E-state index is -0.682. The van der Waals surface area contributed by atoms with E-state index in [2.05, 4.69) is 10.3 Å². The molecule has 0 saturated heterocycles. The van der Waals surface area contributed by atoms with Gasteiger partial charge in [-0.3, -0.25) is 0 Å². The maximum absolute atomic E-state index is 13.8. The Bertz CT molecular complexity index is 732. The smallest absolute Gasteiger partial charge is 0.149 e. The van der Waals surface area contributed by atoms with Gasteiger partial charge >= 0.3 is 0 Å². The van der Waals surface area contributed by atoms with Crippen LogP contribution >= 0.6 is 11.6 Å². The van der Waals surface area contributed by atoms with Gasteiger partial charge in [0.15, 0.2) is 0 Å². The first kappa shape index (κ1) is 17.2. The predicted octanol–water partition coefficient (Wildman–Crippen LogP) is 5.28. The number of benzene rings is 2. The van der Waals surface area contributed by atoms with Gasteiger partial charge in [0.05, 0.1) is 28.4 Å². The highest BCUT2D eigenvalue weighted by atomic mass is 35.5. The lowest BCUT2D eigenvalue weighted by atomic mass is 10.2. The van der Waals surface area contributed by atoms with Crippen LogP contribution in [0, 0.1) is 18.6 Å². The maximum Gasteiger partial charge on any atom is 0.149 e. The summed E-state index contributed by atoms with van der Waals surface area (Å²) >= 11 is 6.27. The highest BCUT2D eigenvalue weighted by Gasteiger charge is 2.09. The Morgan fingerprint density at radius 1 is 1.22 bits per heavy atom. The molecule has 2 aromatic rings. The van der Waals surface area contributed by atoms with Crippen LogP contribution in [-0.2, 0) is 0 Å². The maximum atomic E-state index is 13.8. The fourth-order valence-electron chi connectivity index (χ4n) is 1.90. The number of hydrogen-bond acceptors (Lipinski definition) is 2. The summed E-state index contributed by atoms with van der Waals surface area (Å²) in [6.07, 6.45) is 1.71. The molecule has 2 rings (SSSR count). The second-order valence-corrected chi connectivity index (χ2v) is 5.57. The van der Waals surface area contributed by atoms with Crippen LogP contribution < -0.4 is 5.32 Å². The van der Waals surface area contributed by atoms with E-state index in [1.165, 1.54) is 12.1 Å². The lowest BCUT2D eigenvalue weighted by molar-refractivity contribution is 0.552. The van der Waals surface area contributed by atoms with E-state index in [9.17, 15) is 8.78 Å². The van der Waals surface area contributed by atoms with E-state index in [4.69, 9.17) is 11.6 Å². The van der Waals surface area contributed by atoms with Crippen LogP contribution in [-0.4, -0.2) is 24.8 Å². The first-order valence-electron chi connectivity index (χ1n) is 7.17. The van der Waals surface area contributed by atoms with Crippen LogP contribution in [0.15, 0.2) is 35.3 Å². The molecular formula is C17H18ClF2N3. The Hall–Kier alpha value is -2.14. The lowest BCUT2D eigenvalue weighted by Crippen LogP contribution is -2.14. The number of anilines is 2. The normalized spacial score (nSPS) is 11.0. The van der Waals surface area contributed by atoms with Gasteiger partial charge in [-0.05, 0) is 43.7 Å². The first-order valence-corrected chi connectivity index (χ1v) is 7.55. The van der Waals surface area contributed by atoms with E-state index < -0.39 is 11.6 Å². The van der Waals surface area contributed by atoms with Crippen LogP contribution in [0.5, 0.6) is 0 Å². The third kappa shape index (κ3) is 4.42. The lowest BCUT2D eigenvalue weighted by Gasteiger charge is -2.13. The van der Waals surface area contributed by atoms with Gasteiger partial charge in [0, 0.05) is 19.7 Å². The van der Waals surface area contributed by atoms with Crippen LogP contribution in [0.25, 0.3) is 0 Å². The van der Waals surface area contributed by atoms with Crippen molar-refractivity contribution in [3.05, 3.63) is 52.6 Å². The fourth-order valence-corrected chi connectivity index (χ4v) is 2.06. The van der Waals surface area contributed by atoms with E-state index >= 15 is 0 Å². The highest BCUT2D eigenvalue weighted by molar-refractivity contribution is 6.34. The van der Waals surface area contributed by atoms with Gasteiger partial charge in [-0.2, -0.15) is 0 Å². The van der Waals surface area contributed by atoms with Crippen molar-refractivity contribution >= 4 is 35.0 Å². The summed E-state index contributed by atoms with van der Waals surface area (Å²) in [5.74, 6) is -1.31. The van der Waals surface area contributed by atoms with Crippen molar-refractivity contribution in [1.82, 2.24) is 4.90 Å². The van der Waals surface area contributed by atoms with E-state index in [1.807, 2.05) is 31.9 Å². The van der Waals surface area contributed by atoms with Gasteiger partial charge in [-0.1, -0.05) is 11.6 Å². The van der Waals surface area contributed by atoms with Gasteiger partial charge in [0.25, 0.3) is 0 Å². The average molecular weight is 338 g/mol. The van der Waals surface area contributed by atoms with Gasteiger partial charge in [0.2, 0.25) is 0 Å². The minimum Gasteiger partial charge on any atom is -0.366 e. The molecule has 0 aliphatic heterocycles. The Morgan fingerprint density at radius 2 is 1.96 bits per heavy atom. The number of rotatable bonds is 5. The van der Waals surface area contributed by atoms with Gasteiger partial charge in [-0.15, -0.1) is 0 Å². The third-order valence-corrected chi connectivity index (χ3v) is 3.84. The number of halogens is 3. The predicted molar refractivity (Wildman–Crippen MR) is 92.3 cm³/mol. The quantitative estimate of drug-likeness (QED) is 0.593. The van der Waals surface area contributed by atoms with E-state index in [-0.39, 0.29) is 5.69 Å². The molecule has 0 unspecified atom stereocenters. The number of aryl methyl sites for hydroxylation is 1. The van der Waals surface area contributed by atoms with Crippen molar-refractivity contribution in [3.63, 3.8) is 0 Å². The standard InChI is InChI=1S/C17H18ClF2N3/c1-4-23(3)10-21-13-7-11(2)17(18)16(9-13)22-15-6-5-12(19)8-14(15)20/h5-10,22H,4H2,1-3H3. The van der Waals surface area contributed by atoms with Crippen molar-refractivity contribution < 1.29 is 8.78 Å². The fraction of sp³-hybridized carbons (Fsp3) is 0.235. The minimum absolute atomic E-state index is 0.152. The molecule has 0 heterocycles. The van der Waals surface area contributed by atoms with Gasteiger partial charge in [-0.25, -0.2) is 13.8 Å². The zero-order valence-corrected chi connectivity index (χ0v) is 14.0. The molecule has 0 fully saturated rings. The summed E-state index contributed by atoms with van der Waals surface area (Å²) < 4.78 is 26.8. The van der Waals surface area contributed by atoms with Crippen LogP contribution in [0.1, 0.15) is 12.5 Å². The molecule has 3 nitrogen and oxygen atoms in total. The molecule has 6 heteroatoms. The van der Waals surface area contributed by atoms with Crippen molar-refractivity contribution in [3.8, 4) is 0 Å². The monoisotopic (exact) mass is 337 g/mol. The van der Waals surface area contributed by atoms with E-state index in [0.717, 1.165) is 18.2 Å². The zero-order chi connectivity index (χ0) is 17.0. The van der Waals surface area contributed by atoms with Crippen molar-refractivity contribution in [2.45, 2.75) is 13.8 Å². The Balaban J connectivity index is 2.34. The SMILES string of the molecule is CCN(C)C=Nc1cc(C)c(Cl)c(Nc2ccc(F)cc2F)c1. The third-order valence-electron chi connectivity index (χ3n) is 3.34. The van der Waals surface area contributed by atoms with Crippen LogP contribution in [0.2, 0.25) is 5.02 Å². The average Bonchev–Trinajstić information content (AvgIpc) is 2.52. The molecule has 0 saturated carbocycles. The zero-order valence-electron chi connectivity index (χ0n) is 13.2. The van der Waals surface area contributed by atoms with Crippen molar-refractivity contribution in [1.29, 1.82) is 0 Å². The summed E-state index contributed by atoms with van der Waals surface area (Å²) in [4.78, 5) is 6.29. The van der Waals surface area contributed by atoms with Crippen molar-refractivity contribution in [2.24, 2.45) is 4.99 Å². The second kappa shape index (κ2) is 7.42. The summed E-state index contributed by atoms with van der Waals surface area (Å²) in [7, 11) is 1.92. The molecule has 0 aromatic heterocycles. The molecule has 1 N–H and O–H groups in total. The van der Waals surface area contributed by atoms with Gasteiger partial charge in [0.1, 0.15) is 11.6 Å². The van der Waals surface area contributed by atoms with E-state index in [0.29, 0.717) is 16.4 Å². The molecule has 0 atom stereocenters. The number of nitrogens with one attached hydrogen (secondary N) is 1. The molecule has 0 aliphatic rings. The van der Waals surface area contributed by atoms with Crippen LogP contribution in [0.3, 0.4) is 0 Å². The van der Waals surface area contributed by atoms with Crippen molar-refractivity contribution in [2.75, 3.05) is 18.9 Å². The Kier molecular flexibility index (Phi) is 5.55. The largest absolute Gasteiger partial charge is 0.366 e.